The van der Waals surface area contributed by atoms with Gasteiger partial charge >= 0.3 is 0 Å². The minimum atomic E-state index is -0.221. The zero-order valence-corrected chi connectivity index (χ0v) is 18.2. The third-order valence-electron chi connectivity index (χ3n) is 6.58. The van der Waals surface area contributed by atoms with Crippen LogP contribution in [0.4, 0.5) is 11.4 Å². The SMILES string of the molecule is CN1CCN(c2cc3[nH]nc(/C=C/c4ccccc4)c3cc2NC(=O)C2(C)CC2)CC1. The van der Waals surface area contributed by atoms with Crippen LogP contribution in [0.1, 0.15) is 31.0 Å². The van der Waals surface area contributed by atoms with Gasteiger partial charge in [-0.05, 0) is 43.7 Å². The molecule has 2 N–H and O–H groups in total. The van der Waals surface area contributed by atoms with E-state index in [4.69, 9.17) is 0 Å². The number of nitrogens with one attached hydrogen (secondary N) is 2. The molecule has 31 heavy (non-hydrogen) atoms. The number of likely N-dealkylation sites (N-methyl/N-ethyl adjacent to an activating group) is 1. The predicted octanol–water partition coefficient (Wildman–Crippen LogP) is 4.22. The van der Waals surface area contributed by atoms with Gasteiger partial charge in [0.15, 0.2) is 0 Å². The zero-order valence-electron chi connectivity index (χ0n) is 18.2. The fourth-order valence-corrected chi connectivity index (χ4v) is 4.04. The minimum absolute atomic E-state index is 0.118. The molecule has 2 heterocycles. The van der Waals surface area contributed by atoms with Gasteiger partial charge in [0, 0.05) is 37.0 Å². The second kappa shape index (κ2) is 7.85. The monoisotopic (exact) mass is 415 g/mol. The lowest BCUT2D eigenvalue weighted by molar-refractivity contribution is -0.120. The molecule has 0 bridgehead atoms. The second-order valence-electron chi connectivity index (χ2n) is 9.07. The fraction of sp³-hybridized carbons (Fsp3) is 0.360. The minimum Gasteiger partial charge on any atom is -0.367 e. The van der Waals surface area contributed by atoms with Crippen molar-refractivity contribution in [2.24, 2.45) is 5.41 Å². The number of rotatable bonds is 5. The summed E-state index contributed by atoms with van der Waals surface area (Å²) in [6.45, 7) is 5.95. The number of carbonyl (C=O) groups excluding carboxylic acids is 1. The first-order valence-corrected chi connectivity index (χ1v) is 11.0. The Morgan fingerprint density at radius 2 is 1.84 bits per heavy atom. The third kappa shape index (κ3) is 4.08. The Morgan fingerprint density at radius 3 is 2.55 bits per heavy atom. The molecule has 6 heteroatoms. The summed E-state index contributed by atoms with van der Waals surface area (Å²) in [6, 6.07) is 14.4. The summed E-state index contributed by atoms with van der Waals surface area (Å²) in [5.41, 5.74) is 4.71. The molecule has 0 atom stereocenters. The molecule has 3 aromatic rings. The van der Waals surface area contributed by atoms with Crippen molar-refractivity contribution < 1.29 is 4.79 Å². The molecule has 0 unspecified atom stereocenters. The first kappa shape index (κ1) is 19.8. The highest BCUT2D eigenvalue weighted by Crippen LogP contribution is 2.46. The van der Waals surface area contributed by atoms with Crippen LogP contribution in [0.3, 0.4) is 0 Å². The lowest BCUT2D eigenvalue weighted by Crippen LogP contribution is -2.44. The molecule has 6 nitrogen and oxygen atoms in total. The standard InChI is InChI=1S/C25H29N5O/c1-25(10-11-25)24(31)26-22-16-19-20(9-8-18-6-4-3-5-7-18)27-28-21(19)17-23(22)30-14-12-29(2)13-15-30/h3-9,16-17H,10-15H2,1-2H3,(H,26,31)(H,27,28)/b9-8+. The van der Waals surface area contributed by atoms with Crippen molar-refractivity contribution in [3.63, 3.8) is 0 Å². The molecule has 160 valence electrons. The molecule has 1 saturated heterocycles. The number of aromatic nitrogens is 2. The van der Waals surface area contributed by atoms with Crippen LogP contribution in [0.5, 0.6) is 0 Å². The summed E-state index contributed by atoms with van der Waals surface area (Å²) >= 11 is 0. The summed E-state index contributed by atoms with van der Waals surface area (Å²) in [6.07, 6.45) is 6.01. The van der Waals surface area contributed by atoms with E-state index in [1.165, 1.54) is 0 Å². The van der Waals surface area contributed by atoms with Crippen molar-refractivity contribution in [3.05, 3.63) is 53.7 Å². The summed E-state index contributed by atoms with van der Waals surface area (Å²) < 4.78 is 0. The molecule has 1 aliphatic carbocycles. The van der Waals surface area contributed by atoms with Crippen LogP contribution in [0.15, 0.2) is 42.5 Å². The first-order chi connectivity index (χ1) is 15.0. The summed E-state index contributed by atoms with van der Waals surface area (Å²) in [5.74, 6) is 0.118. The average Bonchev–Trinajstić information content (AvgIpc) is 3.42. The van der Waals surface area contributed by atoms with E-state index < -0.39 is 0 Å². The highest BCUT2D eigenvalue weighted by Gasteiger charge is 2.45. The van der Waals surface area contributed by atoms with Crippen molar-refractivity contribution >= 4 is 40.3 Å². The Hall–Kier alpha value is -3.12. The number of H-pyrrole nitrogens is 1. The summed E-state index contributed by atoms with van der Waals surface area (Å²) in [4.78, 5) is 17.6. The van der Waals surface area contributed by atoms with Gasteiger partial charge in [0.1, 0.15) is 0 Å². The highest BCUT2D eigenvalue weighted by atomic mass is 16.2. The molecular weight excluding hydrogens is 386 g/mol. The summed E-state index contributed by atoms with van der Waals surface area (Å²) in [5, 5.41) is 12.0. The predicted molar refractivity (Wildman–Crippen MR) is 127 cm³/mol. The topological polar surface area (TPSA) is 64.3 Å². The number of fused-ring (bicyclic) bond motifs is 1. The van der Waals surface area contributed by atoms with E-state index in [1.807, 2.05) is 31.2 Å². The molecule has 0 radical (unpaired) electrons. The molecule has 5 rings (SSSR count). The maximum absolute atomic E-state index is 12.9. The number of nitrogens with zero attached hydrogens (tertiary/aromatic N) is 3. The van der Waals surface area contributed by atoms with Gasteiger partial charge in [-0.15, -0.1) is 0 Å². The van der Waals surface area contributed by atoms with Crippen molar-refractivity contribution in [1.82, 2.24) is 15.1 Å². The normalized spacial score (nSPS) is 18.6. The van der Waals surface area contributed by atoms with E-state index >= 15 is 0 Å². The van der Waals surface area contributed by atoms with E-state index in [0.29, 0.717) is 0 Å². The maximum Gasteiger partial charge on any atom is 0.230 e. The number of amides is 1. The Balaban J connectivity index is 1.51. The molecule has 2 fully saturated rings. The largest absolute Gasteiger partial charge is 0.367 e. The van der Waals surface area contributed by atoms with E-state index in [2.05, 4.69) is 62.7 Å². The number of anilines is 2. The van der Waals surface area contributed by atoms with Crippen LogP contribution in [0.25, 0.3) is 23.1 Å². The van der Waals surface area contributed by atoms with Crippen LogP contribution in [-0.4, -0.2) is 54.2 Å². The van der Waals surface area contributed by atoms with Gasteiger partial charge in [0.25, 0.3) is 0 Å². The van der Waals surface area contributed by atoms with E-state index in [1.54, 1.807) is 0 Å². The maximum atomic E-state index is 12.9. The van der Waals surface area contributed by atoms with Crippen LogP contribution >= 0.6 is 0 Å². The van der Waals surface area contributed by atoms with E-state index in [9.17, 15) is 4.79 Å². The molecule has 2 aliphatic rings. The van der Waals surface area contributed by atoms with Gasteiger partial charge in [0.2, 0.25) is 5.91 Å². The number of hydrogen-bond acceptors (Lipinski definition) is 4. The highest BCUT2D eigenvalue weighted by molar-refractivity contribution is 6.03. The molecule has 0 spiro atoms. The van der Waals surface area contributed by atoms with Crippen LogP contribution in [0.2, 0.25) is 0 Å². The first-order valence-electron chi connectivity index (χ1n) is 11.0. The van der Waals surface area contributed by atoms with Gasteiger partial charge in [0.05, 0.1) is 22.6 Å². The zero-order chi connectivity index (χ0) is 21.4. The van der Waals surface area contributed by atoms with Crippen LogP contribution < -0.4 is 10.2 Å². The smallest absolute Gasteiger partial charge is 0.230 e. The molecule has 1 amide bonds. The van der Waals surface area contributed by atoms with Crippen LogP contribution in [0, 0.1) is 5.41 Å². The summed E-state index contributed by atoms with van der Waals surface area (Å²) in [7, 11) is 2.15. The molecule has 1 aromatic heterocycles. The number of aromatic amines is 1. The fourth-order valence-electron chi connectivity index (χ4n) is 4.04. The van der Waals surface area contributed by atoms with Gasteiger partial charge < -0.3 is 15.1 Å². The van der Waals surface area contributed by atoms with Crippen LogP contribution in [-0.2, 0) is 4.79 Å². The Morgan fingerprint density at radius 1 is 1.10 bits per heavy atom. The molecule has 1 aliphatic heterocycles. The third-order valence-corrected chi connectivity index (χ3v) is 6.58. The average molecular weight is 416 g/mol. The lowest BCUT2D eigenvalue weighted by Gasteiger charge is -2.35. The number of benzene rings is 2. The number of piperazine rings is 1. The molecule has 1 saturated carbocycles. The van der Waals surface area contributed by atoms with E-state index in [-0.39, 0.29) is 11.3 Å². The second-order valence-corrected chi connectivity index (χ2v) is 9.07. The van der Waals surface area contributed by atoms with Crippen molar-refractivity contribution in [2.45, 2.75) is 19.8 Å². The lowest BCUT2D eigenvalue weighted by atomic mass is 10.1. The van der Waals surface area contributed by atoms with Gasteiger partial charge in [-0.3, -0.25) is 9.89 Å². The van der Waals surface area contributed by atoms with Crippen molar-refractivity contribution in [3.8, 4) is 0 Å². The van der Waals surface area contributed by atoms with Gasteiger partial charge in [-0.1, -0.05) is 43.3 Å². The van der Waals surface area contributed by atoms with Crippen molar-refractivity contribution in [2.75, 3.05) is 43.4 Å². The van der Waals surface area contributed by atoms with Gasteiger partial charge in [-0.25, -0.2) is 0 Å². The Kier molecular flexibility index (Phi) is 5.02. The van der Waals surface area contributed by atoms with E-state index in [0.717, 1.165) is 72.6 Å². The Labute approximate surface area is 182 Å². The Bertz CT molecular complexity index is 1120. The number of carbonyl (C=O) groups is 1. The number of hydrogen-bond donors (Lipinski definition) is 2. The van der Waals surface area contributed by atoms with Crippen molar-refractivity contribution in [1.29, 1.82) is 0 Å². The molecular formula is C25H29N5O. The van der Waals surface area contributed by atoms with Gasteiger partial charge in [-0.2, -0.15) is 5.10 Å². The quantitative estimate of drug-likeness (QED) is 0.655. The molecule has 2 aromatic carbocycles.